The smallest absolute Gasteiger partial charge is 0.395 e. The van der Waals surface area contributed by atoms with E-state index in [1.54, 1.807) is 0 Å². The lowest BCUT2D eigenvalue weighted by Crippen LogP contribution is -2.09. The summed E-state index contributed by atoms with van der Waals surface area (Å²) in [7, 11) is 0. The van der Waals surface area contributed by atoms with Crippen molar-refractivity contribution in [1.29, 1.82) is 0 Å². The molecule has 7 heteroatoms. The Hall–Kier alpha value is -4.52. The monoisotopic (exact) mass is 409 g/mol. The minimum atomic E-state index is -0.678. The number of nitro groups is 1. The summed E-state index contributed by atoms with van der Waals surface area (Å²) in [6.45, 7) is 0. The average Bonchev–Trinajstić information content (AvgIpc) is 3.47. The zero-order valence-corrected chi connectivity index (χ0v) is 16.1. The number of hydrogen-bond acceptors (Lipinski definition) is 5. The fourth-order valence-electron chi connectivity index (χ4n) is 3.66. The van der Waals surface area contributed by atoms with Gasteiger partial charge in [-0.1, -0.05) is 66.7 Å². The molecule has 0 unspecified atom stereocenters. The molecule has 0 aliphatic heterocycles. The molecule has 0 spiro atoms. The summed E-state index contributed by atoms with van der Waals surface area (Å²) in [5.41, 5.74) is 5.14. The number of aromatic nitrogens is 2. The first-order valence-corrected chi connectivity index (χ1v) is 9.53. The van der Waals surface area contributed by atoms with Crippen LogP contribution in [-0.4, -0.2) is 20.4 Å². The minimum Gasteiger partial charge on any atom is -0.395 e. The summed E-state index contributed by atoms with van der Waals surface area (Å²) in [5, 5.41) is 10.9. The van der Waals surface area contributed by atoms with Crippen LogP contribution in [0.5, 0.6) is 0 Å². The third-order valence-corrected chi connectivity index (χ3v) is 5.07. The van der Waals surface area contributed by atoms with Crippen molar-refractivity contribution in [3.8, 4) is 22.3 Å². The van der Waals surface area contributed by atoms with Crippen LogP contribution in [-0.2, 0) is 0 Å². The number of fused-ring (bicyclic) bond motifs is 1. The Kier molecular flexibility index (Phi) is 4.41. The van der Waals surface area contributed by atoms with Crippen molar-refractivity contribution in [3.05, 3.63) is 107 Å². The second kappa shape index (κ2) is 7.38. The quantitative estimate of drug-likeness (QED) is 0.286. The molecule has 0 radical (unpaired) electrons. The van der Waals surface area contributed by atoms with E-state index >= 15 is 0 Å². The maximum absolute atomic E-state index is 13.0. The average molecular weight is 409 g/mol. The maximum atomic E-state index is 13.0. The molecule has 0 saturated heterocycles. The zero-order valence-electron chi connectivity index (χ0n) is 16.1. The Labute approximate surface area is 176 Å². The van der Waals surface area contributed by atoms with Crippen LogP contribution >= 0.6 is 0 Å². The molecule has 5 aromatic rings. The van der Waals surface area contributed by atoms with Crippen LogP contribution < -0.4 is 0 Å². The van der Waals surface area contributed by atoms with Gasteiger partial charge in [0.05, 0.1) is 17.1 Å². The molecule has 0 fully saturated rings. The van der Waals surface area contributed by atoms with Crippen LogP contribution in [0.25, 0.3) is 33.3 Å². The van der Waals surface area contributed by atoms with E-state index in [0.29, 0.717) is 11.0 Å². The number of hydrogen-bond donors (Lipinski definition) is 0. The van der Waals surface area contributed by atoms with Crippen molar-refractivity contribution in [2.24, 2.45) is 0 Å². The summed E-state index contributed by atoms with van der Waals surface area (Å²) in [6, 6.07) is 26.0. The highest BCUT2D eigenvalue weighted by Gasteiger charge is 2.22. The number of furan rings is 1. The van der Waals surface area contributed by atoms with E-state index in [1.807, 2.05) is 72.8 Å². The van der Waals surface area contributed by atoms with Crippen LogP contribution in [0, 0.1) is 10.1 Å². The molecular formula is C24H15N3O4. The molecule has 0 amide bonds. The molecule has 0 bridgehead atoms. The molecule has 0 atom stereocenters. The molecule has 0 aliphatic rings. The number of benzene rings is 3. The topological polar surface area (TPSA) is 91.2 Å². The summed E-state index contributed by atoms with van der Waals surface area (Å²) >= 11 is 0. The predicted molar refractivity (Wildman–Crippen MR) is 116 cm³/mol. The molecule has 5 rings (SSSR count). The first-order chi connectivity index (χ1) is 15.1. The van der Waals surface area contributed by atoms with Gasteiger partial charge in [-0.15, -0.1) is 0 Å². The van der Waals surface area contributed by atoms with E-state index in [1.165, 1.54) is 17.0 Å². The molecule has 2 heterocycles. The van der Waals surface area contributed by atoms with Crippen molar-refractivity contribution in [2.45, 2.75) is 0 Å². The number of imidazole rings is 1. The van der Waals surface area contributed by atoms with Gasteiger partial charge in [0.1, 0.15) is 11.3 Å². The third-order valence-electron chi connectivity index (χ3n) is 5.07. The van der Waals surface area contributed by atoms with Gasteiger partial charge in [0.2, 0.25) is 0 Å². The van der Waals surface area contributed by atoms with Crippen LogP contribution in [0.15, 0.2) is 95.7 Å². The van der Waals surface area contributed by atoms with E-state index in [0.717, 1.165) is 28.3 Å². The molecular weight excluding hydrogens is 394 g/mol. The van der Waals surface area contributed by atoms with Crippen molar-refractivity contribution in [3.63, 3.8) is 0 Å². The van der Waals surface area contributed by atoms with Crippen molar-refractivity contribution >= 4 is 22.8 Å². The summed E-state index contributed by atoms with van der Waals surface area (Å²) in [5.74, 6) is -1.13. The minimum absolute atomic E-state index is 0.126. The SMILES string of the molecule is O=C(c1ccc([N+](=O)[O-])o1)n1cnc2c(-c3ccccc3)c(-c3ccccc3)ccc21. The number of rotatable bonds is 4. The van der Waals surface area contributed by atoms with Crippen molar-refractivity contribution in [1.82, 2.24) is 9.55 Å². The first-order valence-electron chi connectivity index (χ1n) is 9.53. The summed E-state index contributed by atoms with van der Waals surface area (Å²) in [6.07, 6.45) is 1.42. The molecule has 2 aromatic heterocycles. The van der Waals surface area contributed by atoms with Gasteiger partial charge in [-0.05, 0) is 28.8 Å². The lowest BCUT2D eigenvalue weighted by molar-refractivity contribution is -0.402. The molecule has 0 N–H and O–H groups in total. The highest BCUT2D eigenvalue weighted by molar-refractivity contribution is 6.06. The lowest BCUT2D eigenvalue weighted by Gasteiger charge is -2.12. The van der Waals surface area contributed by atoms with E-state index < -0.39 is 16.7 Å². The van der Waals surface area contributed by atoms with Crippen LogP contribution in [0.1, 0.15) is 10.6 Å². The third kappa shape index (κ3) is 3.18. The normalized spacial score (nSPS) is 11.0. The van der Waals surface area contributed by atoms with E-state index in [2.05, 4.69) is 4.98 Å². The Bertz CT molecular complexity index is 1420. The predicted octanol–water partition coefficient (Wildman–Crippen LogP) is 5.56. The van der Waals surface area contributed by atoms with Gasteiger partial charge in [-0.2, -0.15) is 0 Å². The van der Waals surface area contributed by atoms with Gasteiger partial charge in [0.25, 0.3) is 5.91 Å². The van der Waals surface area contributed by atoms with Gasteiger partial charge in [-0.3, -0.25) is 19.5 Å². The fourth-order valence-corrected chi connectivity index (χ4v) is 3.66. The Morgan fingerprint density at radius 2 is 1.55 bits per heavy atom. The van der Waals surface area contributed by atoms with E-state index in [-0.39, 0.29) is 5.76 Å². The standard InChI is InChI=1S/C24H15N3O4/c28-24(20-13-14-21(31-20)27(29)30)26-15-25-23-19(26)12-11-18(16-7-3-1-4-8-16)22(23)17-9-5-2-6-10-17/h1-15H. The van der Waals surface area contributed by atoms with Crippen LogP contribution in [0.4, 0.5) is 5.88 Å². The van der Waals surface area contributed by atoms with Gasteiger partial charge in [0.15, 0.2) is 5.76 Å². The Balaban J connectivity index is 1.71. The van der Waals surface area contributed by atoms with Gasteiger partial charge < -0.3 is 4.42 Å². The second-order valence-corrected chi connectivity index (χ2v) is 6.90. The molecule has 7 nitrogen and oxygen atoms in total. The van der Waals surface area contributed by atoms with Crippen LogP contribution in [0.2, 0.25) is 0 Å². The number of nitrogens with zero attached hydrogens (tertiary/aromatic N) is 3. The van der Waals surface area contributed by atoms with Crippen molar-refractivity contribution < 1.29 is 14.1 Å². The Morgan fingerprint density at radius 3 is 2.19 bits per heavy atom. The first kappa shape index (κ1) is 18.5. The molecule has 0 aliphatic carbocycles. The van der Waals surface area contributed by atoms with Gasteiger partial charge in [0, 0.05) is 5.56 Å². The van der Waals surface area contributed by atoms with E-state index in [9.17, 15) is 14.9 Å². The molecule has 31 heavy (non-hydrogen) atoms. The highest BCUT2D eigenvalue weighted by Crippen LogP contribution is 2.37. The maximum Gasteiger partial charge on any atom is 0.433 e. The summed E-state index contributed by atoms with van der Waals surface area (Å²) in [4.78, 5) is 27.7. The Morgan fingerprint density at radius 1 is 0.871 bits per heavy atom. The molecule has 0 saturated carbocycles. The summed E-state index contributed by atoms with van der Waals surface area (Å²) < 4.78 is 6.44. The highest BCUT2D eigenvalue weighted by atomic mass is 16.6. The van der Waals surface area contributed by atoms with Gasteiger partial charge >= 0.3 is 5.88 Å². The van der Waals surface area contributed by atoms with Crippen LogP contribution in [0.3, 0.4) is 0 Å². The molecule has 150 valence electrons. The lowest BCUT2D eigenvalue weighted by atomic mass is 9.93. The van der Waals surface area contributed by atoms with E-state index in [4.69, 9.17) is 4.42 Å². The fraction of sp³-hybridized carbons (Fsp3) is 0. The van der Waals surface area contributed by atoms with Gasteiger partial charge in [-0.25, -0.2) is 4.98 Å². The number of carbonyl (C=O) groups is 1. The number of carbonyl (C=O) groups excluding carboxylic acids is 1. The zero-order chi connectivity index (χ0) is 21.4. The van der Waals surface area contributed by atoms with Crippen molar-refractivity contribution in [2.75, 3.05) is 0 Å². The molecule has 3 aromatic carbocycles. The largest absolute Gasteiger partial charge is 0.433 e. The second-order valence-electron chi connectivity index (χ2n) is 6.90.